The number of amides is 4. The quantitative estimate of drug-likeness (QED) is 0.520. The number of para-hydroxylation sites is 1. The van der Waals surface area contributed by atoms with Crippen LogP contribution in [0.3, 0.4) is 0 Å². The zero-order valence-electron chi connectivity index (χ0n) is 17.6. The van der Waals surface area contributed by atoms with Gasteiger partial charge in [0, 0.05) is 24.7 Å². The maximum Gasteiger partial charge on any atom is 0.325 e. The molecule has 1 aromatic carbocycles. The molecule has 3 rings (SSSR count). The predicted molar refractivity (Wildman–Crippen MR) is 111 cm³/mol. The average molecular weight is 415 g/mol. The lowest BCUT2D eigenvalue weighted by molar-refractivity contribution is -0.148. The molecule has 1 heterocycles. The number of carbonyl (C=O) groups excluding carboxylic acids is 4. The minimum absolute atomic E-state index is 0.0321. The molecule has 2 fully saturated rings. The second-order valence-electron chi connectivity index (χ2n) is 8.13. The SMILES string of the molecule is CC(C)N(C(=O)COC(=O)CCCN1C(=O)NC2(CCCC2)C1=O)c1ccccc1. The monoisotopic (exact) mass is 415 g/mol. The maximum atomic E-state index is 12.6. The molecule has 4 amide bonds. The lowest BCUT2D eigenvalue weighted by Gasteiger charge is -2.26. The van der Waals surface area contributed by atoms with Gasteiger partial charge < -0.3 is 15.0 Å². The number of carbonyl (C=O) groups is 4. The van der Waals surface area contributed by atoms with Gasteiger partial charge in [0.2, 0.25) is 0 Å². The molecule has 0 unspecified atom stereocenters. The average Bonchev–Trinajstić information content (AvgIpc) is 3.27. The summed E-state index contributed by atoms with van der Waals surface area (Å²) in [5, 5.41) is 2.82. The molecule has 1 saturated carbocycles. The van der Waals surface area contributed by atoms with Crippen molar-refractivity contribution in [2.24, 2.45) is 0 Å². The molecular weight excluding hydrogens is 386 g/mol. The maximum absolute atomic E-state index is 12.6. The van der Waals surface area contributed by atoms with Crippen LogP contribution >= 0.6 is 0 Å². The van der Waals surface area contributed by atoms with E-state index in [0.717, 1.165) is 18.5 Å². The van der Waals surface area contributed by atoms with Crippen molar-refractivity contribution in [3.63, 3.8) is 0 Å². The highest BCUT2D eigenvalue weighted by Gasteiger charge is 2.52. The molecule has 162 valence electrons. The van der Waals surface area contributed by atoms with Gasteiger partial charge in [-0.3, -0.25) is 19.3 Å². The first-order chi connectivity index (χ1) is 14.3. The summed E-state index contributed by atoms with van der Waals surface area (Å²) >= 11 is 0. The molecule has 30 heavy (non-hydrogen) atoms. The zero-order valence-corrected chi connectivity index (χ0v) is 17.6. The van der Waals surface area contributed by atoms with Crippen molar-refractivity contribution in [3.05, 3.63) is 30.3 Å². The van der Waals surface area contributed by atoms with E-state index >= 15 is 0 Å². The summed E-state index contributed by atoms with van der Waals surface area (Å²) in [6.07, 6.45) is 3.53. The Balaban J connectivity index is 1.44. The second-order valence-corrected chi connectivity index (χ2v) is 8.13. The van der Waals surface area contributed by atoms with Gasteiger partial charge in [-0.1, -0.05) is 31.0 Å². The predicted octanol–water partition coefficient (Wildman–Crippen LogP) is 2.62. The van der Waals surface area contributed by atoms with Crippen LogP contribution in [0.25, 0.3) is 0 Å². The smallest absolute Gasteiger partial charge is 0.325 e. The summed E-state index contributed by atoms with van der Waals surface area (Å²) in [6, 6.07) is 8.74. The van der Waals surface area contributed by atoms with Crippen molar-refractivity contribution in [3.8, 4) is 0 Å². The summed E-state index contributed by atoms with van der Waals surface area (Å²) < 4.78 is 5.13. The number of benzene rings is 1. The standard InChI is InChI=1S/C22H29N3O5/c1-16(2)25(17-9-4-3-5-10-17)18(26)15-30-19(27)11-8-14-24-20(28)22(23-21(24)29)12-6-7-13-22/h3-5,9-10,16H,6-8,11-15H2,1-2H3,(H,23,29). The van der Waals surface area contributed by atoms with E-state index < -0.39 is 11.5 Å². The van der Waals surface area contributed by atoms with Gasteiger partial charge in [-0.05, 0) is 45.2 Å². The number of nitrogens with zero attached hydrogens (tertiary/aromatic N) is 2. The Bertz CT molecular complexity index is 802. The molecule has 8 nitrogen and oxygen atoms in total. The highest BCUT2D eigenvalue weighted by molar-refractivity contribution is 6.07. The van der Waals surface area contributed by atoms with E-state index in [0.29, 0.717) is 19.3 Å². The normalized spacial score (nSPS) is 17.5. The van der Waals surface area contributed by atoms with Crippen LogP contribution in [0.2, 0.25) is 0 Å². The Morgan fingerprint density at radius 1 is 1.17 bits per heavy atom. The number of urea groups is 1. The van der Waals surface area contributed by atoms with Gasteiger partial charge in [0.1, 0.15) is 5.54 Å². The first-order valence-electron chi connectivity index (χ1n) is 10.5. The van der Waals surface area contributed by atoms with Gasteiger partial charge in [-0.15, -0.1) is 0 Å². The summed E-state index contributed by atoms with van der Waals surface area (Å²) in [7, 11) is 0. The van der Waals surface area contributed by atoms with Crippen LogP contribution in [0.4, 0.5) is 10.5 Å². The van der Waals surface area contributed by atoms with E-state index in [1.807, 2.05) is 44.2 Å². The first kappa shape index (κ1) is 21.8. The zero-order chi connectivity index (χ0) is 21.7. The van der Waals surface area contributed by atoms with Crippen molar-refractivity contribution >= 4 is 29.5 Å². The molecule has 1 aliphatic heterocycles. The van der Waals surface area contributed by atoms with Gasteiger partial charge >= 0.3 is 12.0 Å². The minimum atomic E-state index is -0.734. The molecular formula is C22H29N3O5. The summed E-state index contributed by atoms with van der Waals surface area (Å²) in [6.45, 7) is 3.60. The summed E-state index contributed by atoms with van der Waals surface area (Å²) in [5.74, 6) is -1.02. The van der Waals surface area contributed by atoms with E-state index in [1.165, 1.54) is 4.90 Å². The number of anilines is 1. The van der Waals surface area contributed by atoms with Gasteiger partial charge in [-0.2, -0.15) is 0 Å². The Morgan fingerprint density at radius 2 is 1.83 bits per heavy atom. The Labute approximate surface area is 176 Å². The minimum Gasteiger partial charge on any atom is -0.456 e. The third kappa shape index (κ3) is 4.63. The van der Waals surface area contributed by atoms with Crippen LogP contribution in [0.1, 0.15) is 52.4 Å². The molecule has 0 aromatic heterocycles. The number of ether oxygens (including phenoxy) is 1. The van der Waals surface area contributed by atoms with E-state index in [4.69, 9.17) is 4.74 Å². The topological polar surface area (TPSA) is 96.0 Å². The van der Waals surface area contributed by atoms with Gasteiger partial charge in [-0.25, -0.2) is 4.79 Å². The highest BCUT2D eigenvalue weighted by atomic mass is 16.5. The number of rotatable bonds is 8. The Morgan fingerprint density at radius 3 is 2.47 bits per heavy atom. The van der Waals surface area contributed by atoms with Crippen LogP contribution in [0.15, 0.2) is 30.3 Å². The third-order valence-corrected chi connectivity index (χ3v) is 5.64. The number of esters is 1. The molecule has 0 bridgehead atoms. The second kappa shape index (κ2) is 9.28. The van der Waals surface area contributed by atoms with Crippen molar-refractivity contribution in [2.45, 2.75) is 64.0 Å². The van der Waals surface area contributed by atoms with Crippen LogP contribution in [0.5, 0.6) is 0 Å². The molecule has 1 N–H and O–H groups in total. The van der Waals surface area contributed by atoms with E-state index in [2.05, 4.69) is 5.32 Å². The van der Waals surface area contributed by atoms with Gasteiger partial charge in [0.15, 0.2) is 6.61 Å². The fourth-order valence-corrected chi connectivity index (χ4v) is 4.18. The summed E-state index contributed by atoms with van der Waals surface area (Å²) in [5.41, 5.74) is 0.00910. The number of hydrogen-bond acceptors (Lipinski definition) is 5. The first-order valence-corrected chi connectivity index (χ1v) is 10.5. The molecule has 2 aliphatic rings. The Hall–Kier alpha value is -2.90. The molecule has 0 radical (unpaired) electrons. The number of hydrogen-bond donors (Lipinski definition) is 1. The van der Waals surface area contributed by atoms with Crippen LogP contribution < -0.4 is 10.2 Å². The van der Waals surface area contributed by atoms with Gasteiger partial charge in [0.05, 0.1) is 0 Å². The van der Waals surface area contributed by atoms with Crippen molar-refractivity contribution in [1.29, 1.82) is 0 Å². The number of nitrogens with one attached hydrogen (secondary N) is 1. The highest BCUT2D eigenvalue weighted by Crippen LogP contribution is 2.35. The van der Waals surface area contributed by atoms with E-state index in [-0.39, 0.29) is 43.5 Å². The fraction of sp³-hybridized carbons (Fsp3) is 0.545. The molecule has 1 aliphatic carbocycles. The number of imide groups is 1. The molecule has 1 saturated heterocycles. The lowest BCUT2D eigenvalue weighted by atomic mass is 9.98. The van der Waals surface area contributed by atoms with Crippen molar-refractivity contribution < 1.29 is 23.9 Å². The van der Waals surface area contributed by atoms with E-state index in [1.54, 1.807) is 4.90 Å². The largest absolute Gasteiger partial charge is 0.456 e. The van der Waals surface area contributed by atoms with Crippen LogP contribution in [-0.2, 0) is 19.1 Å². The Kier molecular flexibility index (Phi) is 6.74. The van der Waals surface area contributed by atoms with Crippen LogP contribution in [-0.4, -0.2) is 53.4 Å². The third-order valence-electron chi connectivity index (χ3n) is 5.64. The molecule has 8 heteroatoms. The fourth-order valence-electron chi connectivity index (χ4n) is 4.18. The molecule has 1 spiro atoms. The van der Waals surface area contributed by atoms with Crippen molar-refractivity contribution in [2.75, 3.05) is 18.1 Å². The summed E-state index contributed by atoms with van der Waals surface area (Å²) in [4.78, 5) is 52.1. The lowest BCUT2D eigenvalue weighted by Crippen LogP contribution is -2.44. The van der Waals surface area contributed by atoms with Crippen molar-refractivity contribution in [1.82, 2.24) is 10.2 Å². The molecule has 1 aromatic rings. The van der Waals surface area contributed by atoms with Gasteiger partial charge in [0.25, 0.3) is 11.8 Å². The van der Waals surface area contributed by atoms with Crippen LogP contribution in [0, 0.1) is 0 Å². The van der Waals surface area contributed by atoms with E-state index in [9.17, 15) is 19.2 Å². The molecule has 0 atom stereocenters.